The summed E-state index contributed by atoms with van der Waals surface area (Å²) >= 11 is 1.80. The number of aryl methyl sites for hydroxylation is 1. The molecule has 1 aliphatic rings. The molecule has 8 heteroatoms. The molecule has 0 saturated carbocycles. The van der Waals surface area contributed by atoms with Crippen molar-refractivity contribution in [2.24, 2.45) is 0 Å². The Hall–Kier alpha value is -2.32. The van der Waals surface area contributed by atoms with Crippen molar-refractivity contribution in [1.82, 2.24) is 20.4 Å². The first-order valence-corrected chi connectivity index (χ1v) is 10.3. The highest BCUT2D eigenvalue weighted by molar-refractivity contribution is 7.99. The van der Waals surface area contributed by atoms with Gasteiger partial charge in [-0.25, -0.2) is 4.68 Å². The van der Waals surface area contributed by atoms with Crippen LogP contribution in [0.5, 0.6) is 0 Å². The Bertz CT molecular complexity index is 847. The number of amides is 2. The SMILES string of the molecule is Cc1cc(NC(=O)Cc2ccc(SC(C)C)cc2)n(C2NC(=O)CC(C)N2)n1. The van der Waals surface area contributed by atoms with Crippen LogP contribution in [0.25, 0.3) is 0 Å². The van der Waals surface area contributed by atoms with E-state index in [1.54, 1.807) is 22.5 Å². The van der Waals surface area contributed by atoms with E-state index in [0.29, 0.717) is 17.5 Å². The summed E-state index contributed by atoms with van der Waals surface area (Å²) in [6.45, 7) is 8.11. The molecule has 0 bridgehead atoms. The monoisotopic (exact) mass is 401 g/mol. The second-order valence-electron chi connectivity index (χ2n) is 7.39. The number of aromatic nitrogens is 2. The predicted molar refractivity (Wildman–Crippen MR) is 111 cm³/mol. The molecule has 0 radical (unpaired) electrons. The molecule has 1 aromatic carbocycles. The zero-order valence-corrected chi connectivity index (χ0v) is 17.5. The van der Waals surface area contributed by atoms with Crippen molar-refractivity contribution in [1.29, 1.82) is 0 Å². The van der Waals surface area contributed by atoms with Gasteiger partial charge in [0.2, 0.25) is 11.8 Å². The Morgan fingerprint density at radius 2 is 2.07 bits per heavy atom. The number of hydrogen-bond donors (Lipinski definition) is 3. The molecule has 2 unspecified atom stereocenters. The lowest BCUT2D eigenvalue weighted by atomic mass is 10.1. The van der Waals surface area contributed by atoms with Crippen LogP contribution in [0.15, 0.2) is 35.2 Å². The van der Waals surface area contributed by atoms with Gasteiger partial charge in [-0.3, -0.25) is 14.9 Å². The van der Waals surface area contributed by atoms with Gasteiger partial charge in [-0.05, 0) is 31.5 Å². The van der Waals surface area contributed by atoms with Crippen LogP contribution in [-0.2, 0) is 16.0 Å². The summed E-state index contributed by atoms with van der Waals surface area (Å²) in [4.78, 5) is 25.6. The molecule has 0 spiro atoms. The van der Waals surface area contributed by atoms with Crippen LogP contribution in [0.1, 0.15) is 44.7 Å². The van der Waals surface area contributed by atoms with E-state index in [1.807, 2.05) is 38.1 Å². The average molecular weight is 402 g/mol. The molecular weight excluding hydrogens is 374 g/mol. The largest absolute Gasteiger partial charge is 0.322 e. The third-order valence-electron chi connectivity index (χ3n) is 4.26. The summed E-state index contributed by atoms with van der Waals surface area (Å²) in [5, 5.41) is 14.0. The molecule has 1 fully saturated rings. The first-order chi connectivity index (χ1) is 13.3. The number of benzene rings is 1. The van der Waals surface area contributed by atoms with Crippen LogP contribution in [0, 0.1) is 6.92 Å². The van der Waals surface area contributed by atoms with Crippen LogP contribution in [0.3, 0.4) is 0 Å². The Morgan fingerprint density at radius 3 is 2.71 bits per heavy atom. The number of anilines is 1. The zero-order chi connectivity index (χ0) is 20.3. The average Bonchev–Trinajstić information content (AvgIpc) is 2.95. The van der Waals surface area contributed by atoms with Gasteiger partial charge < -0.3 is 10.6 Å². The van der Waals surface area contributed by atoms with Gasteiger partial charge in [0.05, 0.1) is 12.1 Å². The van der Waals surface area contributed by atoms with E-state index in [9.17, 15) is 9.59 Å². The van der Waals surface area contributed by atoms with Crippen molar-refractivity contribution in [3.63, 3.8) is 0 Å². The lowest BCUT2D eigenvalue weighted by Crippen LogP contribution is -2.52. The van der Waals surface area contributed by atoms with E-state index in [0.717, 1.165) is 11.3 Å². The minimum atomic E-state index is -0.479. The number of carbonyl (C=O) groups is 2. The van der Waals surface area contributed by atoms with Crippen molar-refractivity contribution < 1.29 is 9.59 Å². The lowest BCUT2D eigenvalue weighted by Gasteiger charge is -2.30. The standard InChI is InChI=1S/C20H27N5O2S/c1-12(2)28-16-7-5-15(6-8-16)11-19(27)22-17-9-14(4)24-25(17)20-21-13(3)10-18(26)23-20/h5-9,12-13,20-21H,10-11H2,1-4H3,(H,22,27)(H,23,26). The van der Waals surface area contributed by atoms with Gasteiger partial charge in [-0.15, -0.1) is 11.8 Å². The van der Waals surface area contributed by atoms with E-state index in [-0.39, 0.29) is 24.3 Å². The van der Waals surface area contributed by atoms with E-state index < -0.39 is 6.29 Å². The van der Waals surface area contributed by atoms with E-state index >= 15 is 0 Å². The molecule has 3 rings (SSSR count). The molecule has 1 aliphatic heterocycles. The van der Waals surface area contributed by atoms with E-state index in [1.165, 1.54) is 4.90 Å². The van der Waals surface area contributed by atoms with Crippen molar-refractivity contribution >= 4 is 29.4 Å². The van der Waals surface area contributed by atoms with E-state index in [2.05, 4.69) is 34.9 Å². The Labute approximate surface area is 169 Å². The van der Waals surface area contributed by atoms with Crippen LogP contribution in [0.4, 0.5) is 5.82 Å². The van der Waals surface area contributed by atoms with Gasteiger partial charge in [-0.1, -0.05) is 26.0 Å². The summed E-state index contributed by atoms with van der Waals surface area (Å²) in [6.07, 6.45) is 0.217. The molecule has 150 valence electrons. The molecule has 2 heterocycles. The number of carbonyl (C=O) groups excluding carboxylic acids is 2. The summed E-state index contributed by atoms with van der Waals surface area (Å²) < 4.78 is 1.61. The highest BCUT2D eigenvalue weighted by atomic mass is 32.2. The van der Waals surface area contributed by atoms with Crippen LogP contribution < -0.4 is 16.0 Å². The van der Waals surface area contributed by atoms with Gasteiger partial charge in [0.25, 0.3) is 0 Å². The number of hydrogen-bond acceptors (Lipinski definition) is 5. The number of nitrogens with one attached hydrogen (secondary N) is 3. The summed E-state index contributed by atoms with van der Waals surface area (Å²) in [6, 6.07) is 9.89. The molecule has 1 aromatic heterocycles. The molecule has 2 amide bonds. The molecule has 2 atom stereocenters. The van der Waals surface area contributed by atoms with Crippen molar-refractivity contribution in [2.75, 3.05) is 5.32 Å². The fourth-order valence-electron chi connectivity index (χ4n) is 3.13. The van der Waals surface area contributed by atoms with Crippen molar-refractivity contribution in [3.05, 3.63) is 41.6 Å². The number of rotatable bonds is 6. The summed E-state index contributed by atoms with van der Waals surface area (Å²) in [7, 11) is 0. The first-order valence-electron chi connectivity index (χ1n) is 9.47. The quantitative estimate of drug-likeness (QED) is 0.648. The zero-order valence-electron chi connectivity index (χ0n) is 16.7. The Morgan fingerprint density at radius 1 is 1.36 bits per heavy atom. The third-order valence-corrected chi connectivity index (χ3v) is 5.28. The molecular formula is C20H27N5O2S. The highest BCUT2D eigenvalue weighted by Crippen LogP contribution is 2.23. The minimum absolute atomic E-state index is 0.0361. The van der Waals surface area contributed by atoms with Gasteiger partial charge >= 0.3 is 0 Å². The second kappa shape index (κ2) is 8.79. The smallest absolute Gasteiger partial charge is 0.229 e. The van der Waals surface area contributed by atoms with Gasteiger partial charge in [0.1, 0.15) is 5.82 Å². The second-order valence-corrected chi connectivity index (χ2v) is 9.04. The van der Waals surface area contributed by atoms with Gasteiger partial charge in [0, 0.05) is 28.7 Å². The van der Waals surface area contributed by atoms with Crippen molar-refractivity contribution in [2.45, 2.75) is 63.0 Å². The summed E-state index contributed by atoms with van der Waals surface area (Å²) in [5.74, 6) is 0.392. The summed E-state index contributed by atoms with van der Waals surface area (Å²) in [5.41, 5.74) is 1.71. The molecule has 28 heavy (non-hydrogen) atoms. The lowest BCUT2D eigenvalue weighted by molar-refractivity contribution is -0.125. The van der Waals surface area contributed by atoms with Crippen LogP contribution >= 0.6 is 11.8 Å². The molecule has 0 aliphatic carbocycles. The maximum absolute atomic E-state index is 12.6. The minimum Gasteiger partial charge on any atom is -0.322 e. The molecule has 3 N–H and O–H groups in total. The van der Waals surface area contributed by atoms with Crippen LogP contribution in [0.2, 0.25) is 0 Å². The fraction of sp³-hybridized carbons (Fsp3) is 0.450. The Balaban J connectivity index is 1.66. The fourth-order valence-corrected chi connectivity index (χ4v) is 3.97. The number of nitrogens with zero attached hydrogens (tertiary/aromatic N) is 2. The highest BCUT2D eigenvalue weighted by Gasteiger charge is 2.26. The predicted octanol–water partition coefficient (Wildman–Crippen LogP) is 2.83. The van der Waals surface area contributed by atoms with Gasteiger partial charge in [0.15, 0.2) is 6.29 Å². The molecule has 2 aromatic rings. The van der Waals surface area contributed by atoms with Crippen LogP contribution in [-0.4, -0.2) is 32.9 Å². The Kier molecular flexibility index (Phi) is 6.41. The molecule has 1 saturated heterocycles. The topological polar surface area (TPSA) is 88.0 Å². The van der Waals surface area contributed by atoms with Gasteiger partial charge in [-0.2, -0.15) is 5.10 Å². The van der Waals surface area contributed by atoms with E-state index in [4.69, 9.17) is 0 Å². The maximum atomic E-state index is 12.6. The first kappa shape index (κ1) is 20.4. The van der Waals surface area contributed by atoms with Crippen molar-refractivity contribution in [3.8, 4) is 0 Å². The number of thioether (sulfide) groups is 1. The maximum Gasteiger partial charge on any atom is 0.229 e. The normalized spacial score (nSPS) is 19.5. The third kappa shape index (κ3) is 5.36. The molecule has 7 nitrogen and oxygen atoms in total.